The summed E-state index contributed by atoms with van der Waals surface area (Å²) < 4.78 is 10.3. The van der Waals surface area contributed by atoms with Crippen LogP contribution in [0, 0.1) is 11.3 Å². The van der Waals surface area contributed by atoms with Crippen LogP contribution in [0.15, 0.2) is 4.99 Å². The van der Waals surface area contributed by atoms with Crippen LogP contribution in [0.4, 0.5) is 0 Å². The van der Waals surface area contributed by atoms with Gasteiger partial charge in [0.25, 0.3) is 0 Å². The molecule has 21 heavy (non-hydrogen) atoms. The van der Waals surface area contributed by atoms with Gasteiger partial charge in [-0.3, -0.25) is 9.79 Å². The number of hydrogen-bond acceptors (Lipinski definition) is 4. The number of nitrogens with zero attached hydrogens (tertiary/aromatic N) is 2. The third-order valence-electron chi connectivity index (χ3n) is 4.38. The number of aliphatic imine (C=N–C) groups is 1. The summed E-state index contributed by atoms with van der Waals surface area (Å²) in [6, 6.07) is 0. The molecular formula is C15H27N3O3. The van der Waals surface area contributed by atoms with E-state index < -0.39 is 0 Å². The molecule has 0 aromatic heterocycles. The van der Waals surface area contributed by atoms with Crippen molar-refractivity contribution in [1.82, 2.24) is 10.2 Å². The average Bonchev–Trinajstić information content (AvgIpc) is 3.13. The molecule has 0 aromatic rings. The van der Waals surface area contributed by atoms with Crippen LogP contribution in [0.3, 0.4) is 0 Å². The smallest absolute Gasteiger partial charge is 0.310 e. The Morgan fingerprint density at radius 3 is 2.95 bits per heavy atom. The number of methoxy groups -OCH3 is 1. The fourth-order valence-corrected chi connectivity index (χ4v) is 3.01. The highest BCUT2D eigenvalue weighted by atomic mass is 16.5. The quantitative estimate of drug-likeness (QED) is 0.474. The highest BCUT2D eigenvalue weighted by Gasteiger charge is 2.42. The lowest BCUT2D eigenvalue weighted by molar-refractivity contribution is -0.144. The fourth-order valence-electron chi connectivity index (χ4n) is 3.01. The number of nitrogens with one attached hydrogen (secondary N) is 1. The second-order valence-electron chi connectivity index (χ2n) is 6.09. The van der Waals surface area contributed by atoms with E-state index in [0.717, 1.165) is 51.6 Å². The Morgan fingerprint density at radius 1 is 1.52 bits per heavy atom. The van der Waals surface area contributed by atoms with Crippen molar-refractivity contribution in [2.24, 2.45) is 16.3 Å². The van der Waals surface area contributed by atoms with Crippen molar-refractivity contribution >= 4 is 11.9 Å². The Balaban J connectivity index is 1.97. The Kier molecular flexibility index (Phi) is 5.45. The van der Waals surface area contributed by atoms with E-state index in [-0.39, 0.29) is 11.9 Å². The molecule has 6 heteroatoms. The predicted molar refractivity (Wildman–Crippen MR) is 81.2 cm³/mol. The van der Waals surface area contributed by atoms with Gasteiger partial charge < -0.3 is 19.7 Å². The number of esters is 1. The van der Waals surface area contributed by atoms with E-state index in [2.05, 4.69) is 22.1 Å². The maximum absolute atomic E-state index is 11.5. The highest BCUT2D eigenvalue weighted by molar-refractivity contribution is 5.81. The van der Waals surface area contributed by atoms with Gasteiger partial charge in [0, 0.05) is 31.7 Å². The number of ether oxygens (including phenoxy) is 2. The summed E-state index contributed by atoms with van der Waals surface area (Å²) in [4.78, 5) is 18.4. The molecule has 2 unspecified atom stereocenters. The lowest BCUT2D eigenvalue weighted by Gasteiger charge is -2.25. The number of rotatable bonds is 4. The van der Waals surface area contributed by atoms with E-state index in [1.54, 1.807) is 0 Å². The molecule has 2 aliphatic heterocycles. The van der Waals surface area contributed by atoms with E-state index in [1.807, 2.05) is 6.92 Å². The Morgan fingerprint density at radius 2 is 2.33 bits per heavy atom. The van der Waals surface area contributed by atoms with Gasteiger partial charge in [0.2, 0.25) is 0 Å². The minimum absolute atomic E-state index is 0.211. The summed E-state index contributed by atoms with van der Waals surface area (Å²) in [6.07, 6.45) is 2.30. The maximum Gasteiger partial charge on any atom is 0.310 e. The second kappa shape index (κ2) is 7.11. The minimum Gasteiger partial charge on any atom is -0.469 e. The Hall–Kier alpha value is -1.30. The molecule has 0 amide bonds. The maximum atomic E-state index is 11.5. The number of hydrogen-bond donors (Lipinski definition) is 1. The SMILES string of the molecule is CCNC(=NCC(C)C(=O)OC)N1CCC2(CCOC2)C1. The van der Waals surface area contributed by atoms with E-state index in [9.17, 15) is 4.79 Å². The normalized spacial score (nSPS) is 27.2. The molecule has 0 saturated carbocycles. The molecule has 2 fully saturated rings. The molecule has 0 aliphatic carbocycles. The monoisotopic (exact) mass is 297 g/mol. The third-order valence-corrected chi connectivity index (χ3v) is 4.38. The second-order valence-corrected chi connectivity index (χ2v) is 6.09. The lowest BCUT2D eigenvalue weighted by atomic mass is 9.87. The first-order valence-corrected chi connectivity index (χ1v) is 7.79. The van der Waals surface area contributed by atoms with Gasteiger partial charge >= 0.3 is 5.97 Å². The van der Waals surface area contributed by atoms with E-state index in [4.69, 9.17) is 9.47 Å². The first-order chi connectivity index (χ1) is 10.1. The summed E-state index contributed by atoms with van der Waals surface area (Å²) in [7, 11) is 1.41. The Bertz CT molecular complexity index is 392. The number of likely N-dealkylation sites (tertiary alicyclic amines) is 1. The molecule has 0 aromatic carbocycles. The van der Waals surface area contributed by atoms with Crippen LogP contribution in [0.25, 0.3) is 0 Å². The topological polar surface area (TPSA) is 63.2 Å². The molecule has 2 aliphatic rings. The highest BCUT2D eigenvalue weighted by Crippen LogP contribution is 2.38. The zero-order valence-corrected chi connectivity index (χ0v) is 13.4. The van der Waals surface area contributed by atoms with Crippen LogP contribution >= 0.6 is 0 Å². The third kappa shape index (κ3) is 3.87. The largest absolute Gasteiger partial charge is 0.469 e. The summed E-state index contributed by atoms with van der Waals surface area (Å²) in [5, 5.41) is 3.33. The molecule has 6 nitrogen and oxygen atoms in total. The molecule has 2 heterocycles. The van der Waals surface area contributed by atoms with Crippen molar-refractivity contribution in [3.05, 3.63) is 0 Å². The molecule has 2 atom stereocenters. The molecular weight excluding hydrogens is 270 g/mol. The van der Waals surface area contributed by atoms with Crippen molar-refractivity contribution in [3.8, 4) is 0 Å². The number of guanidine groups is 1. The first kappa shape index (κ1) is 16.1. The van der Waals surface area contributed by atoms with Gasteiger partial charge in [-0.25, -0.2) is 0 Å². The molecule has 1 spiro atoms. The Labute approximate surface area is 126 Å². The molecule has 2 rings (SSSR count). The van der Waals surface area contributed by atoms with Gasteiger partial charge in [0.15, 0.2) is 5.96 Å². The van der Waals surface area contributed by atoms with Gasteiger partial charge in [0.05, 0.1) is 26.2 Å². The van der Waals surface area contributed by atoms with Crippen LogP contribution in [0.2, 0.25) is 0 Å². The average molecular weight is 297 g/mol. The standard InChI is InChI=1S/C15H27N3O3/c1-4-16-14(17-9-12(2)13(19)20-3)18-7-5-15(10-18)6-8-21-11-15/h12H,4-11H2,1-3H3,(H,16,17). The van der Waals surface area contributed by atoms with Crippen molar-refractivity contribution in [3.63, 3.8) is 0 Å². The van der Waals surface area contributed by atoms with Crippen molar-refractivity contribution < 1.29 is 14.3 Å². The van der Waals surface area contributed by atoms with Gasteiger partial charge in [-0.15, -0.1) is 0 Å². The predicted octanol–water partition coefficient (Wildman–Crippen LogP) is 0.873. The van der Waals surface area contributed by atoms with Gasteiger partial charge in [0.1, 0.15) is 0 Å². The summed E-state index contributed by atoms with van der Waals surface area (Å²) in [5.74, 6) is 0.476. The van der Waals surface area contributed by atoms with E-state index in [0.29, 0.717) is 12.0 Å². The molecule has 0 radical (unpaired) electrons. The van der Waals surface area contributed by atoms with Crippen LogP contribution in [0.1, 0.15) is 26.7 Å². The van der Waals surface area contributed by atoms with Crippen LogP contribution in [-0.2, 0) is 14.3 Å². The first-order valence-electron chi connectivity index (χ1n) is 7.79. The minimum atomic E-state index is -0.213. The van der Waals surface area contributed by atoms with Gasteiger partial charge in [-0.2, -0.15) is 0 Å². The van der Waals surface area contributed by atoms with Crippen LogP contribution in [0.5, 0.6) is 0 Å². The van der Waals surface area contributed by atoms with Gasteiger partial charge in [-0.05, 0) is 19.8 Å². The van der Waals surface area contributed by atoms with Crippen LogP contribution < -0.4 is 5.32 Å². The molecule has 0 bridgehead atoms. The van der Waals surface area contributed by atoms with Crippen molar-refractivity contribution in [1.29, 1.82) is 0 Å². The zero-order chi connectivity index (χ0) is 15.3. The van der Waals surface area contributed by atoms with Gasteiger partial charge in [-0.1, -0.05) is 6.92 Å². The zero-order valence-electron chi connectivity index (χ0n) is 13.4. The molecule has 1 N–H and O–H groups in total. The van der Waals surface area contributed by atoms with Crippen molar-refractivity contribution in [2.75, 3.05) is 46.5 Å². The van der Waals surface area contributed by atoms with E-state index >= 15 is 0 Å². The molecule has 2 saturated heterocycles. The lowest BCUT2D eigenvalue weighted by Crippen LogP contribution is -2.41. The van der Waals surface area contributed by atoms with Crippen LogP contribution in [-0.4, -0.2) is 63.3 Å². The summed E-state index contributed by atoms with van der Waals surface area (Å²) >= 11 is 0. The number of carbonyl (C=O) groups excluding carboxylic acids is 1. The fraction of sp³-hybridized carbons (Fsp3) is 0.867. The van der Waals surface area contributed by atoms with E-state index in [1.165, 1.54) is 7.11 Å². The van der Waals surface area contributed by atoms with Crippen molar-refractivity contribution in [2.45, 2.75) is 26.7 Å². The summed E-state index contributed by atoms with van der Waals surface area (Å²) in [6.45, 7) is 8.91. The molecule has 120 valence electrons. The summed E-state index contributed by atoms with van der Waals surface area (Å²) in [5.41, 5.74) is 0.310. The number of carbonyl (C=O) groups is 1.